The number of ether oxygens (including phenoxy) is 1. The first-order valence-electron chi connectivity index (χ1n) is 8.03. The van der Waals surface area contributed by atoms with Crippen molar-refractivity contribution in [1.82, 2.24) is 5.32 Å². The molecule has 2 rings (SSSR count). The molecule has 6 nitrogen and oxygen atoms in total. The maximum atomic E-state index is 12.3. The third kappa shape index (κ3) is 6.18. The Bertz CT molecular complexity index is 803. The van der Waals surface area contributed by atoms with Gasteiger partial charge in [-0.1, -0.05) is 18.2 Å². The van der Waals surface area contributed by atoms with Crippen molar-refractivity contribution < 1.29 is 19.4 Å². The third-order valence-corrected chi connectivity index (χ3v) is 3.47. The SMILES string of the molecule is CC(C)Oc1cccc(C(=O)NC(=S)Nc2ccc(CC(=O)O)cc2)c1. The van der Waals surface area contributed by atoms with E-state index in [0.717, 1.165) is 0 Å². The predicted octanol–water partition coefficient (Wildman–Crippen LogP) is 3.23. The van der Waals surface area contributed by atoms with Gasteiger partial charge in [-0.05, 0) is 62.0 Å². The summed E-state index contributed by atoms with van der Waals surface area (Å²) in [6, 6.07) is 13.6. The number of nitrogens with one attached hydrogen (secondary N) is 2. The Labute approximate surface area is 157 Å². The Morgan fingerprint density at radius 3 is 2.46 bits per heavy atom. The number of aliphatic carboxylic acids is 1. The van der Waals surface area contributed by atoms with E-state index in [4.69, 9.17) is 22.1 Å². The second-order valence-corrected chi connectivity index (χ2v) is 6.28. The average molecular weight is 372 g/mol. The van der Waals surface area contributed by atoms with Crippen LogP contribution in [0.3, 0.4) is 0 Å². The summed E-state index contributed by atoms with van der Waals surface area (Å²) in [6.07, 6.45) is -0.0314. The Hall–Kier alpha value is -2.93. The lowest BCUT2D eigenvalue weighted by atomic mass is 10.1. The molecule has 0 aliphatic heterocycles. The van der Waals surface area contributed by atoms with Gasteiger partial charge in [-0.3, -0.25) is 14.9 Å². The predicted molar refractivity (Wildman–Crippen MR) is 104 cm³/mol. The van der Waals surface area contributed by atoms with Gasteiger partial charge in [0.05, 0.1) is 12.5 Å². The maximum Gasteiger partial charge on any atom is 0.307 e. The van der Waals surface area contributed by atoms with Gasteiger partial charge < -0.3 is 15.2 Å². The number of thiocarbonyl (C=S) groups is 1. The Morgan fingerprint density at radius 1 is 1.15 bits per heavy atom. The molecule has 0 saturated heterocycles. The topological polar surface area (TPSA) is 87.7 Å². The zero-order valence-corrected chi connectivity index (χ0v) is 15.3. The van der Waals surface area contributed by atoms with Crippen LogP contribution in [-0.4, -0.2) is 28.2 Å². The van der Waals surface area contributed by atoms with E-state index in [2.05, 4.69) is 10.6 Å². The summed E-state index contributed by atoms with van der Waals surface area (Å²) in [4.78, 5) is 23.0. The highest BCUT2D eigenvalue weighted by Crippen LogP contribution is 2.15. The third-order valence-electron chi connectivity index (χ3n) is 3.26. The van der Waals surface area contributed by atoms with E-state index < -0.39 is 5.97 Å². The van der Waals surface area contributed by atoms with Gasteiger partial charge in [-0.25, -0.2) is 0 Å². The van der Waals surface area contributed by atoms with Crippen molar-refractivity contribution in [1.29, 1.82) is 0 Å². The van der Waals surface area contributed by atoms with Crippen LogP contribution in [-0.2, 0) is 11.2 Å². The normalized spacial score (nSPS) is 10.3. The van der Waals surface area contributed by atoms with Gasteiger partial charge in [0.15, 0.2) is 5.11 Å². The van der Waals surface area contributed by atoms with Crippen LogP contribution in [0.2, 0.25) is 0 Å². The van der Waals surface area contributed by atoms with Crippen LogP contribution < -0.4 is 15.4 Å². The number of carboxylic acids is 1. The highest BCUT2D eigenvalue weighted by molar-refractivity contribution is 7.80. The quantitative estimate of drug-likeness (QED) is 0.675. The lowest BCUT2D eigenvalue weighted by Gasteiger charge is -2.12. The van der Waals surface area contributed by atoms with Gasteiger partial charge in [0, 0.05) is 11.3 Å². The second-order valence-electron chi connectivity index (χ2n) is 5.87. The van der Waals surface area contributed by atoms with Gasteiger partial charge in [0.25, 0.3) is 5.91 Å². The summed E-state index contributed by atoms with van der Waals surface area (Å²) in [7, 11) is 0. The molecule has 0 fully saturated rings. The Balaban J connectivity index is 1.94. The molecule has 2 aromatic rings. The lowest BCUT2D eigenvalue weighted by molar-refractivity contribution is -0.136. The molecule has 0 aromatic heterocycles. The highest BCUT2D eigenvalue weighted by Gasteiger charge is 2.10. The largest absolute Gasteiger partial charge is 0.491 e. The fraction of sp³-hybridized carbons (Fsp3) is 0.211. The van der Waals surface area contributed by atoms with Gasteiger partial charge in [-0.2, -0.15) is 0 Å². The molecule has 0 heterocycles. The van der Waals surface area contributed by atoms with E-state index in [-0.39, 0.29) is 23.5 Å². The molecule has 0 atom stereocenters. The van der Waals surface area contributed by atoms with Gasteiger partial charge in [0.2, 0.25) is 0 Å². The number of carbonyl (C=O) groups excluding carboxylic acids is 1. The molecule has 1 amide bonds. The van der Waals surface area contributed by atoms with Crippen LogP contribution in [0.15, 0.2) is 48.5 Å². The van der Waals surface area contributed by atoms with Crippen LogP contribution in [0.25, 0.3) is 0 Å². The first-order chi connectivity index (χ1) is 12.3. The molecule has 2 aromatic carbocycles. The Morgan fingerprint density at radius 2 is 1.85 bits per heavy atom. The van der Waals surface area contributed by atoms with Crippen LogP contribution >= 0.6 is 12.2 Å². The zero-order valence-electron chi connectivity index (χ0n) is 14.5. The molecule has 0 radical (unpaired) electrons. The number of carbonyl (C=O) groups is 2. The van der Waals surface area contributed by atoms with Crippen LogP contribution in [0.4, 0.5) is 5.69 Å². The number of rotatable bonds is 6. The first-order valence-corrected chi connectivity index (χ1v) is 8.44. The molecule has 26 heavy (non-hydrogen) atoms. The Kier molecular flexibility index (Phi) is 6.68. The summed E-state index contributed by atoms with van der Waals surface area (Å²) in [5, 5.41) is 14.4. The van der Waals surface area contributed by atoms with E-state index in [9.17, 15) is 9.59 Å². The minimum absolute atomic E-state index is 0.0140. The average Bonchev–Trinajstić information content (AvgIpc) is 2.55. The number of benzene rings is 2. The molecule has 0 unspecified atom stereocenters. The molecule has 7 heteroatoms. The molecule has 3 N–H and O–H groups in total. The fourth-order valence-corrected chi connectivity index (χ4v) is 2.41. The number of hydrogen-bond acceptors (Lipinski definition) is 4. The van der Waals surface area contributed by atoms with Gasteiger partial charge in [-0.15, -0.1) is 0 Å². The van der Waals surface area contributed by atoms with Crippen molar-refractivity contribution in [3.8, 4) is 5.75 Å². The molecule has 0 spiro atoms. The van der Waals surface area contributed by atoms with Crippen molar-refractivity contribution in [2.24, 2.45) is 0 Å². The van der Waals surface area contributed by atoms with E-state index in [1.807, 2.05) is 13.8 Å². The first kappa shape index (κ1) is 19.4. The summed E-state index contributed by atoms with van der Waals surface area (Å²) >= 11 is 5.15. The highest BCUT2D eigenvalue weighted by atomic mass is 32.1. The number of carboxylic acid groups (broad SMARTS) is 1. The van der Waals surface area contributed by atoms with Gasteiger partial charge in [0.1, 0.15) is 5.75 Å². The van der Waals surface area contributed by atoms with E-state index in [1.165, 1.54) is 0 Å². The van der Waals surface area contributed by atoms with E-state index in [1.54, 1.807) is 48.5 Å². The summed E-state index contributed by atoms with van der Waals surface area (Å²) in [6.45, 7) is 3.82. The molecule has 0 aliphatic carbocycles. The lowest BCUT2D eigenvalue weighted by Crippen LogP contribution is -2.34. The minimum Gasteiger partial charge on any atom is -0.491 e. The zero-order chi connectivity index (χ0) is 19.1. The summed E-state index contributed by atoms with van der Waals surface area (Å²) in [5.74, 6) is -0.628. The van der Waals surface area contributed by atoms with Crippen LogP contribution in [0, 0.1) is 0 Å². The van der Waals surface area contributed by atoms with Crippen LogP contribution in [0.5, 0.6) is 5.75 Å². The molecule has 0 bridgehead atoms. The number of anilines is 1. The second kappa shape index (κ2) is 8.96. The van der Waals surface area contributed by atoms with Crippen molar-refractivity contribution in [3.05, 3.63) is 59.7 Å². The molecule has 0 saturated carbocycles. The van der Waals surface area contributed by atoms with Crippen molar-refractivity contribution in [2.75, 3.05) is 5.32 Å². The molecule has 0 aliphatic rings. The molecule has 136 valence electrons. The monoisotopic (exact) mass is 372 g/mol. The van der Waals surface area contributed by atoms with Gasteiger partial charge >= 0.3 is 5.97 Å². The number of amides is 1. The number of hydrogen-bond donors (Lipinski definition) is 3. The van der Waals surface area contributed by atoms with E-state index in [0.29, 0.717) is 22.6 Å². The van der Waals surface area contributed by atoms with Crippen LogP contribution in [0.1, 0.15) is 29.8 Å². The van der Waals surface area contributed by atoms with E-state index >= 15 is 0 Å². The molecular weight excluding hydrogens is 352 g/mol. The fourth-order valence-electron chi connectivity index (χ4n) is 2.20. The standard InChI is InChI=1S/C19H20N2O4S/c1-12(2)25-16-5-3-4-14(11-16)18(24)21-19(26)20-15-8-6-13(7-9-15)10-17(22)23/h3-9,11-12H,10H2,1-2H3,(H,22,23)(H2,20,21,24,26). The summed E-state index contributed by atoms with van der Waals surface area (Å²) in [5.41, 5.74) is 1.77. The maximum absolute atomic E-state index is 12.3. The van der Waals surface area contributed by atoms with Crippen molar-refractivity contribution in [2.45, 2.75) is 26.4 Å². The minimum atomic E-state index is -0.892. The summed E-state index contributed by atoms with van der Waals surface area (Å²) < 4.78 is 5.57. The van der Waals surface area contributed by atoms with Crippen molar-refractivity contribution in [3.63, 3.8) is 0 Å². The smallest absolute Gasteiger partial charge is 0.307 e. The van der Waals surface area contributed by atoms with Crippen molar-refractivity contribution >= 4 is 34.9 Å². The molecular formula is C19H20N2O4S.